The predicted molar refractivity (Wildman–Crippen MR) is 234 cm³/mol. The summed E-state index contributed by atoms with van der Waals surface area (Å²) >= 11 is 0. The Morgan fingerprint density at radius 2 is 1.06 bits per heavy atom. The second kappa shape index (κ2) is 28.7. The summed E-state index contributed by atoms with van der Waals surface area (Å²) in [6.45, 7) is 13.3. The number of aliphatic hydroxyl groups is 1. The monoisotopic (exact) mass is 897 g/mol. The van der Waals surface area contributed by atoms with Crippen LogP contribution < -0.4 is 48.7 Å². The summed E-state index contributed by atoms with van der Waals surface area (Å²) in [6, 6.07) is -7.78. The van der Waals surface area contributed by atoms with Gasteiger partial charge in [0.2, 0.25) is 47.3 Å². The Hall–Kier alpha value is -4.89. The lowest BCUT2D eigenvalue weighted by Crippen LogP contribution is -2.59. The fourth-order valence-electron chi connectivity index (χ4n) is 7.02. The average Bonchev–Trinajstić information content (AvgIpc) is 3.69. The molecule has 1 aliphatic heterocycles. The molecule has 1 saturated heterocycles. The maximum atomic E-state index is 13.8. The largest absolute Gasteiger partial charge is 0.480 e. The number of rotatable bonds is 29. The van der Waals surface area contributed by atoms with Crippen molar-refractivity contribution < 1.29 is 53.4 Å². The van der Waals surface area contributed by atoms with Gasteiger partial charge in [0.25, 0.3) is 0 Å². The Kier molecular flexibility index (Phi) is 25.6. The van der Waals surface area contributed by atoms with Gasteiger partial charge in [0, 0.05) is 6.54 Å². The fourth-order valence-corrected chi connectivity index (χ4v) is 7.02. The van der Waals surface area contributed by atoms with Crippen LogP contribution in [0, 0.1) is 23.7 Å². The van der Waals surface area contributed by atoms with Crippen molar-refractivity contribution in [3.05, 3.63) is 0 Å². The Bertz CT molecular complexity index is 1540. The number of carboxylic acids is 1. The molecule has 13 N–H and O–H groups in total. The summed E-state index contributed by atoms with van der Waals surface area (Å²) in [5.41, 5.74) is 11.5. The third-order valence-corrected chi connectivity index (χ3v) is 10.2. The molecule has 21 nitrogen and oxygen atoms in total. The van der Waals surface area contributed by atoms with Gasteiger partial charge in [-0.15, -0.1) is 0 Å². The highest BCUT2D eigenvalue weighted by Gasteiger charge is 2.38. The number of carbonyl (C=O) groups is 9. The van der Waals surface area contributed by atoms with E-state index in [1.54, 1.807) is 13.8 Å². The van der Waals surface area contributed by atoms with Crippen LogP contribution in [0.3, 0.4) is 0 Å². The summed E-state index contributed by atoms with van der Waals surface area (Å²) in [5.74, 6) is -6.91. The molecule has 0 aromatic heterocycles. The van der Waals surface area contributed by atoms with Crippen LogP contribution in [0.15, 0.2) is 0 Å². The molecule has 0 unspecified atom stereocenters. The number of nitrogens with one attached hydrogen (secondary N) is 7. The summed E-state index contributed by atoms with van der Waals surface area (Å²) < 4.78 is 0. The molecule has 1 heterocycles. The second-order valence-electron chi connectivity index (χ2n) is 18.0. The van der Waals surface area contributed by atoms with Crippen molar-refractivity contribution in [1.82, 2.24) is 42.1 Å². The Morgan fingerprint density at radius 3 is 1.59 bits per heavy atom. The van der Waals surface area contributed by atoms with Crippen molar-refractivity contribution in [2.24, 2.45) is 35.1 Å². The lowest BCUT2D eigenvalue weighted by atomic mass is 10.0. The maximum absolute atomic E-state index is 13.8. The smallest absolute Gasteiger partial charge is 0.326 e. The fraction of sp³-hybridized carbons (Fsp3) is 0.786. The highest BCUT2D eigenvalue weighted by atomic mass is 16.4. The van der Waals surface area contributed by atoms with E-state index in [2.05, 4.69) is 37.2 Å². The maximum Gasteiger partial charge on any atom is 0.326 e. The molecule has 1 aliphatic rings. The minimum Gasteiger partial charge on any atom is -0.480 e. The summed E-state index contributed by atoms with van der Waals surface area (Å²) in [7, 11) is 0. The molecular weight excluding hydrogens is 821 g/mol. The molecule has 8 amide bonds. The number of aliphatic hydroxyl groups excluding tert-OH is 1. The highest BCUT2D eigenvalue weighted by Crippen LogP contribution is 2.21. The van der Waals surface area contributed by atoms with Crippen LogP contribution in [0.1, 0.15) is 113 Å². The molecule has 63 heavy (non-hydrogen) atoms. The number of amides is 8. The van der Waals surface area contributed by atoms with Crippen molar-refractivity contribution in [3.63, 3.8) is 0 Å². The number of nitrogens with zero attached hydrogens (tertiary/aromatic N) is 1. The number of unbranched alkanes of at least 4 members (excludes halogenated alkanes) is 1. The van der Waals surface area contributed by atoms with E-state index in [-0.39, 0.29) is 55.9 Å². The number of likely N-dealkylation sites (tertiary alicyclic amines) is 1. The number of carboxylic acid groups (broad SMARTS) is 1. The Morgan fingerprint density at radius 1 is 0.603 bits per heavy atom. The second-order valence-corrected chi connectivity index (χ2v) is 18.0. The van der Waals surface area contributed by atoms with Crippen LogP contribution >= 0.6 is 0 Å². The number of hydrogen-bond acceptors (Lipinski definition) is 12. The van der Waals surface area contributed by atoms with Crippen LogP contribution in [0.2, 0.25) is 0 Å². The Balaban J connectivity index is 2.98. The van der Waals surface area contributed by atoms with Gasteiger partial charge in [-0.05, 0) is 81.6 Å². The average molecular weight is 897 g/mol. The summed E-state index contributed by atoms with van der Waals surface area (Å²) in [6.07, 6.45) is 3.17. The van der Waals surface area contributed by atoms with E-state index in [1.807, 2.05) is 41.5 Å². The molecule has 360 valence electrons. The molecule has 1 rings (SSSR count). The number of nitrogens with two attached hydrogens (primary N) is 2. The van der Waals surface area contributed by atoms with Crippen molar-refractivity contribution in [2.75, 3.05) is 32.8 Å². The van der Waals surface area contributed by atoms with E-state index in [4.69, 9.17) is 11.5 Å². The SMILES string of the molecule is CC(C)C[C@H](NC(=O)CNC(=O)[C@@H]1CCCN1C(=O)[C@H](CC(C)C)NC(=O)CNC(=O)[C@H](CC(C)C)NC(=O)[C@H](CO)NC(=O)[C@H](CC(C)C)NC(=O)[C@@H](N)CCCCN)C(=O)O. The molecule has 0 saturated carbocycles. The van der Waals surface area contributed by atoms with E-state index < -0.39 is 115 Å². The minimum atomic E-state index is -1.50. The minimum absolute atomic E-state index is 0.00238. The first-order chi connectivity index (χ1) is 29.5. The van der Waals surface area contributed by atoms with Crippen LogP contribution in [0.25, 0.3) is 0 Å². The molecule has 1 fully saturated rings. The van der Waals surface area contributed by atoms with E-state index in [0.29, 0.717) is 38.6 Å². The Labute approximate surface area is 371 Å². The highest BCUT2D eigenvalue weighted by molar-refractivity contribution is 5.97. The third kappa shape index (κ3) is 21.4. The first kappa shape index (κ1) is 56.1. The van der Waals surface area contributed by atoms with Crippen LogP contribution in [0.4, 0.5) is 0 Å². The summed E-state index contributed by atoms with van der Waals surface area (Å²) in [4.78, 5) is 119. The molecule has 21 heteroatoms. The lowest BCUT2D eigenvalue weighted by molar-refractivity contribution is -0.143. The molecule has 0 radical (unpaired) electrons. The topological polar surface area (TPSA) is 334 Å². The quantitative estimate of drug-likeness (QED) is 0.0376. The van der Waals surface area contributed by atoms with Gasteiger partial charge in [-0.3, -0.25) is 38.4 Å². The lowest BCUT2D eigenvalue weighted by Gasteiger charge is -2.29. The number of carbonyl (C=O) groups excluding carboxylic acids is 8. The molecule has 0 aromatic carbocycles. The predicted octanol–water partition coefficient (Wildman–Crippen LogP) is -1.65. The van der Waals surface area contributed by atoms with Gasteiger partial charge in [-0.1, -0.05) is 61.8 Å². The molecule has 0 bridgehead atoms. The zero-order valence-electron chi connectivity index (χ0n) is 38.4. The standard InChI is InChI=1S/C42H76N10O11/c1-23(2)16-28(50-39(59)32(22-53)51-38(58)29(17-24(3)4)49-36(56)27(44)12-9-10-14-43)37(57)45-20-34(54)47-30(18-25(5)6)41(61)52-15-11-13-33(52)40(60)46-21-35(55)48-31(42(62)63)19-26(7)8/h23-33,53H,9-22,43-44H2,1-8H3,(H,45,57)(H,46,60)(H,47,54)(H,48,55)(H,49,56)(H,50,59)(H,51,58)(H,62,63)/t27-,28-,29-,30-,31-,32-,33-/m0/s1. The van der Waals surface area contributed by atoms with Crippen molar-refractivity contribution >= 4 is 53.2 Å². The number of hydrogen-bond donors (Lipinski definition) is 11. The van der Waals surface area contributed by atoms with Gasteiger partial charge in [0.05, 0.1) is 25.7 Å². The molecule has 7 atom stereocenters. The van der Waals surface area contributed by atoms with Crippen molar-refractivity contribution in [3.8, 4) is 0 Å². The molecule has 0 spiro atoms. The first-order valence-corrected chi connectivity index (χ1v) is 22.2. The van der Waals surface area contributed by atoms with E-state index in [0.717, 1.165) is 0 Å². The van der Waals surface area contributed by atoms with E-state index >= 15 is 0 Å². The third-order valence-electron chi connectivity index (χ3n) is 10.2. The van der Waals surface area contributed by atoms with Crippen LogP contribution in [0.5, 0.6) is 0 Å². The van der Waals surface area contributed by atoms with Gasteiger partial charge >= 0.3 is 5.97 Å². The van der Waals surface area contributed by atoms with Crippen LogP contribution in [-0.2, 0) is 43.2 Å². The normalized spacial score (nSPS) is 16.7. The van der Waals surface area contributed by atoms with E-state index in [9.17, 15) is 53.4 Å². The van der Waals surface area contributed by atoms with Crippen molar-refractivity contribution in [1.29, 1.82) is 0 Å². The van der Waals surface area contributed by atoms with Gasteiger partial charge in [0.15, 0.2) is 0 Å². The molecule has 0 aromatic rings. The summed E-state index contributed by atoms with van der Waals surface area (Å²) in [5, 5.41) is 37.2. The number of aliphatic carboxylic acids is 1. The zero-order chi connectivity index (χ0) is 48.0. The van der Waals surface area contributed by atoms with E-state index in [1.165, 1.54) is 4.90 Å². The molecular formula is C42H76N10O11. The van der Waals surface area contributed by atoms with Gasteiger partial charge in [0.1, 0.15) is 36.3 Å². The van der Waals surface area contributed by atoms with Crippen LogP contribution in [-0.4, -0.2) is 143 Å². The zero-order valence-corrected chi connectivity index (χ0v) is 38.4. The van der Waals surface area contributed by atoms with Gasteiger partial charge in [-0.2, -0.15) is 0 Å². The van der Waals surface area contributed by atoms with Crippen molar-refractivity contribution in [2.45, 2.75) is 155 Å². The van der Waals surface area contributed by atoms with Gasteiger partial charge < -0.3 is 63.8 Å². The van der Waals surface area contributed by atoms with Gasteiger partial charge in [-0.25, -0.2) is 4.79 Å². The molecule has 0 aliphatic carbocycles. The first-order valence-electron chi connectivity index (χ1n) is 22.2.